The maximum absolute atomic E-state index is 6.82. The van der Waals surface area contributed by atoms with Crippen LogP contribution in [0.25, 0.3) is 76.3 Å². The van der Waals surface area contributed by atoms with Crippen LogP contribution in [0.3, 0.4) is 0 Å². The molecule has 10 rings (SSSR count). The number of benzene rings is 4. The predicted molar refractivity (Wildman–Crippen MR) is 206 cm³/mol. The van der Waals surface area contributed by atoms with Crippen molar-refractivity contribution in [3.63, 3.8) is 0 Å². The van der Waals surface area contributed by atoms with Crippen LogP contribution in [0.5, 0.6) is 11.8 Å². The van der Waals surface area contributed by atoms with Gasteiger partial charge in [-0.1, -0.05) is 71.9 Å². The zero-order chi connectivity index (χ0) is 34.8. The minimum atomic E-state index is -0.257. The third-order valence-electron chi connectivity index (χ3n) is 9.72. The van der Waals surface area contributed by atoms with E-state index in [0.717, 1.165) is 71.5 Å². The van der Waals surface area contributed by atoms with Crippen LogP contribution in [-0.4, -0.2) is 23.9 Å². The van der Waals surface area contributed by atoms with Crippen LogP contribution in [0.4, 0.5) is 0 Å². The molecule has 9 heteroatoms. The summed E-state index contributed by atoms with van der Waals surface area (Å²) >= 11 is 1.77. The molecule has 0 saturated heterocycles. The Balaban J connectivity index is 0.00000360. The fourth-order valence-corrected chi connectivity index (χ4v) is 8.31. The summed E-state index contributed by atoms with van der Waals surface area (Å²) in [6, 6.07) is 37.9. The van der Waals surface area contributed by atoms with Gasteiger partial charge in [-0.05, 0) is 79.6 Å². The first-order valence-corrected chi connectivity index (χ1v) is 17.9. The van der Waals surface area contributed by atoms with E-state index in [1.807, 2.05) is 54.6 Å². The Morgan fingerprint density at radius 3 is 2.42 bits per heavy atom. The number of ether oxygens (including phenoxy) is 1. The van der Waals surface area contributed by atoms with E-state index in [1.165, 1.54) is 10.1 Å². The topological polar surface area (TPSA) is 70.4 Å². The maximum atomic E-state index is 6.82. The molecule has 258 valence electrons. The molecule has 0 unspecified atom stereocenters. The number of pyridine rings is 2. The second-order valence-corrected chi connectivity index (χ2v) is 16.3. The molecule has 0 saturated carbocycles. The van der Waals surface area contributed by atoms with Crippen LogP contribution in [0.15, 0.2) is 95.4 Å². The molecule has 0 fully saturated rings. The quantitative estimate of drug-likeness (QED) is 0.165. The van der Waals surface area contributed by atoms with Crippen molar-refractivity contribution in [1.82, 2.24) is 23.9 Å². The summed E-state index contributed by atoms with van der Waals surface area (Å²) in [6.45, 7) is 13.1. The molecule has 0 aliphatic carbocycles. The van der Waals surface area contributed by atoms with Gasteiger partial charge in [0, 0.05) is 21.7 Å². The van der Waals surface area contributed by atoms with Gasteiger partial charge in [0.2, 0.25) is 17.5 Å². The van der Waals surface area contributed by atoms with Crippen LogP contribution in [-0.2, 0) is 31.9 Å². The van der Waals surface area contributed by atoms with Crippen LogP contribution in [0.2, 0.25) is 0 Å². The monoisotopic (exact) mass is 878 g/mol. The van der Waals surface area contributed by atoms with Crippen LogP contribution in [0, 0.1) is 12.1 Å². The van der Waals surface area contributed by atoms with Crippen molar-refractivity contribution in [1.29, 1.82) is 0 Å². The molecule has 7 nitrogen and oxygen atoms in total. The maximum Gasteiger partial charge on any atom is 2.00 e. The molecule has 0 aliphatic heterocycles. The predicted octanol–water partition coefficient (Wildman–Crippen LogP) is 11.4. The summed E-state index contributed by atoms with van der Waals surface area (Å²) in [6.07, 6.45) is 0. The standard InChI is InChI=1S/C43H33N5O2S.Pt/c1-42(2,3)25-22-28(24-20-33-39-35(21-24)51-34-17-11-16-32(49-33)38(34)39)44-37(23-25)50-40-26(43(4,5)6)18-19-36(46-40)48-31-15-10-9-14-30(31)47-29-13-8-7-12-27(29)45-41(47)48;/h7-14,16-19,21-23H,1-6H3;/q-2;+2. The SMILES string of the molecule is CC(C)(C)c1cc(Oc2nc(-n3c4[c-]cccc4n4c5ccccc5nc34)ccc2C(C)(C)C)nc(-c2[c-]c3oc4cccc5sc(c2)c3c45)c1.[Pt+2]. The van der Waals surface area contributed by atoms with E-state index in [-0.39, 0.29) is 31.9 Å². The largest absolute Gasteiger partial charge is 2.00 e. The van der Waals surface area contributed by atoms with Gasteiger partial charge in [-0.3, -0.25) is 9.55 Å². The minimum Gasteiger partial charge on any atom is -0.476 e. The van der Waals surface area contributed by atoms with Gasteiger partial charge in [-0.15, -0.1) is 17.7 Å². The first-order valence-electron chi connectivity index (χ1n) is 17.1. The Morgan fingerprint density at radius 1 is 0.769 bits per heavy atom. The number of nitrogens with zero attached hydrogens (tertiary/aromatic N) is 5. The van der Waals surface area contributed by atoms with Gasteiger partial charge >= 0.3 is 21.1 Å². The van der Waals surface area contributed by atoms with E-state index in [2.05, 4.69) is 99.0 Å². The molecule has 10 aromatic rings. The summed E-state index contributed by atoms with van der Waals surface area (Å²) in [7, 11) is 0. The van der Waals surface area contributed by atoms with Crippen LogP contribution < -0.4 is 4.74 Å². The van der Waals surface area contributed by atoms with E-state index >= 15 is 0 Å². The number of hydrogen-bond acceptors (Lipinski definition) is 6. The third kappa shape index (κ3) is 4.99. The van der Waals surface area contributed by atoms with Crippen molar-refractivity contribution in [2.24, 2.45) is 0 Å². The van der Waals surface area contributed by atoms with Gasteiger partial charge in [0.1, 0.15) is 11.4 Å². The Kier molecular flexibility index (Phi) is 7.25. The number of imidazole rings is 2. The van der Waals surface area contributed by atoms with Gasteiger partial charge in [-0.2, -0.15) is 34.5 Å². The van der Waals surface area contributed by atoms with Gasteiger partial charge in [-0.25, -0.2) is 4.98 Å². The Labute approximate surface area is 318 Å². The first-order chi connectivity index (χ1) is 24.5. The Morgan fingerprint density at radius 2 is 1.60 bits per heavy atom. The summed E-state index contributed by atoms with van der Waals surface area (Å²) in [5, 5.41) is 2.30. The second-order valence-electron chi connectivity index (χ2n) is 15.3. The number of hydrogen-bond donors (Lipinski definition) is 0. The van der Waals surface area contributed by atoms with Crippen molar-refractivity contribution >= 4 is 70.5 Å². The summed E-state index contributed by atoms with van der Waals surface area (Å²) < 4.78 is 19.7. The molecular formula is C43H33N5O2PtS. The molecule has 0 N–H and O–H groups in total. The number of furan rings is 1. The van der Waals surface area contributed by atoms with E-state index in [1.54, 1.807) is 11.3 Å². The van der Waals surface area contributed by atoms with Crippen LogP contribution in [0.1, 0.15) is 52.7 Å². The molecule has 0 spiro atoms. The normalized spacial score (nSPS) is 12.7. The number of thiophene rings is 1. The fraction of sp³-hybridized carbons (Fsp3) is 0.186. The first kappa shape index (κ1) is 32.8. The van der Waals surface area contributed by atoms with Crippen molar-refractivity contribution in [3.05, 3.63) is 114 Å². The number of aromatic nitrogens is 5. The van der Waals surface area contributed by atoms with Gasteiger partial charge < -0.3 is 13.6 Å². The molecule has 0 aliphatic rings. The zero-order valence-electron chi connectivity index (χ0n) is 29.4. The zero-order valence-corrected chi connectivity index (χ0v) is 32.5. The average Bonchev–Trinajstić information content (AvgIpc) is 3.85. The summed E-state index contributed by atoms with van der Waals surface area (Å²) in [5.74, 6) is 2.41. The second kappa shape index (κ2) is 11.5. The number of fused-ring (bicyclic) bond motifs is 5. The number of para-hydroxylation sites is 3. The van der Waals surface area contributed by atoms with Crippen molar-refractivity contribution in [3.8, 4) is 28.8 Å². The molecule has 0 bridgehead atoms. The number of rotatable bonds is 4. The Hall–Kier alpha value is -5.04. The van der Waals surface area contributed by atoms with E-state index in [0.29, 0.717) is 17.6 Å². The van der Waals surface area contributed by atoms with Crippen LogP contribution >= 0.6 is 11.3 Å². The average molecular weight is 879 g/mol. The molecule has 6 aromatic heterocycles. The summed E-state index contributed by atoms with van der Waals surface area (Å²) in [4.78, 5) is 15.4. The van der Waals surface area contributed by atoms with Gasteiger partial charge in [0.25, 0.3) is 0 Å². The molecule has 52 heavy (non-hydrogen) atoms. The molecular weight excluding hydrogens is 846 g/mol. The van der Waals surface area contributed by atoms with Crippen molar-refractivity contribution in [2.75, 3.05) is 0 Å². The van der Waals surface area contributed by atoms with E-state index in [4.69, 9.17) is 24.1 Å². The third-order valence-corrected chi connectivity index (χ3v) is 10.8. The smallest absolute Gasteiger partial charge is 0.476 e. The van der Waals surface area contributed by atoms with E-state index in [9.17, 15) is 0 Å². The van der Waals surface area contributed by atoms with Crippen molar-refractivity contribution in [2.45, 2.75) is 52.4 Å². The molecule has 6 heterocycles. The molecule has 0 amide bonds. The van der Waals surface area contributed by atoms with Crippen molar-refractivity contribution < 1.29 is 30.2 Å². The minimum absolute atomic E-state index is 0. The Bertz CT molecular complexity index is 2930. The van der Waals surface area contributed by atoms with Gasteiger partial charge in [0.05, 0.1) is 16.6 Å². The molecule has 0 atom stereocenters. The molecule has 4 aromatic carbocycles. The van der Waals surface area contributed by atoms with E-state index < -0.39 is 0 Å². The van der Waals surface area contributed by atoms with Gasteiger partial charge in [0.15, 0.2) is 0 Å². The fourth-order valence-electron chi connectivity index (χ4n) is 7.15. The molecule has 0 radical (unpaired) electrons. The summed E-state index contributed by atoms with van der Waals surface area (Å²) in [5.41, 5.74) is 8.74.